The Balaban J connectivity index is 2.62. The molecule has 2 aromatic rings. The van der Waals surface area contributed by atoms with Gasteiger partial charge in [0.15, 0.2) is 0 Å². The molecule has 0 radical (unpaired) electrons. The first-order valence-electron chi connectivity index (χ1n) is 5.44. The highest BCUT2D eigenvalue weighted by atomic mass is 35.5. The first kappa shape index (κ1) is 14.2. The van der Waals surface area contributed by atoms with Crippen LogP contribution in [0, 0.1) is 0 Å². The van der Waals surface area contributed by atoms with Crippen molar-refractivity contribution in [2.45, 2.75) is 12.1 Å². The van der Waals surface area contributed by atoms with E-state index in [1.165, 1.54) is 18.2 Å². The van der Waals surface area contributed by atoms with Crippen LogP contribution < -0.4 is 0 Å². The molecule has 0 aliphatic carbocycles. The lowest BCUT2D eigenvalue weighted by Crippen LogP contribution is -2.06. The highest BCUT2D eigenvalue weighted by molar-refractivity contribution is 6.31. The number of benzene rings is 2. The van der Waals surface area contributed by atoms with Crippen LogP contribution in [-0.4, -0.2) is 0 Å². The largest absolute Gasteiger partial charge is 0.417 e. The number of rotatable bonds is 2. The van der Waals surface area contributed by atoms with Crippen LogP contribution in [0.2, 0.25) is 5.02 Å². The molecule has 0 saturated heterocycles. The van der Waals surface area contributed by atoms with Crippen LogP contribution in [0.1, 0.15) is 11.1 Å². The highest BCUT2D eigenvalue weighted by Crippen LogP contribution is 2.37. The molecule has 2 rings (SSSR count). The summed E-state index contributed by atoms with van der Waals surface area (Å²) in [6, 6.07) is 10.1. The Morgan fingerprint density at radius 3 is 2.32 bits per heavy atom. The monoisotopic (exact) mass is 304 g/mol. The van der Waals surface area contributed by atoms with E-state index in [1.54, 1.807) is 18.2 Å². The van der Waals surface area contributed by atoms with Crippen molar-refractivity contribution in [3.05, 3.63) is 58.6 Å². The summed E-state index contributed by atoms with van der Waals surface area (Å²) in [6.45, 7) is 0. The summed E-state index contributed by atoms with van der Waals surface area (Å²) in [4.78, 5) is 0. The Morgan fingerprint density at radius 2 is 1.68 bits per heavy atom. The first-order valence-corrected chi connectivity index (χ1v) is 6.35. The van der Waals surface area contributed by atoms with E-state index in [0.717, 1.165) is 6.07 Å². The molecule has 2 aromatic carbocycles. The van der Waals surface area contributed by atoms with Crippen molar-refractivity contribution in [1.82, 2.24) is 0 Å². The van der Waals surface area contributed by atoms with Gasteiger partial charge in [0, 0.05) is 10.9 Å². The summed E-state index contributed by atoms with van der Waals surface area (Å²) in [5.74, 6) is 0.196. The van der Waals surface area contributed by atoms with Gasteiger partial charge in [0.1, 0.15) is 0 Å². The van der Waals surface area contributed by atoms with Crippen molar-refractivity contribution < 1.29 is 13.2 Å². The van der Waals surface area contributed by atoms with Crippen molar-refractivity contribution in [3.8, 4) is 11.1 Å². The van der Waals surface area contributed by atoms with E-state index < -0.39 is 11.7 Å². The second-order valence-corrected chi connectivity index (χ2v) is 4.73. The van der Waals surface area contributed by atoms with Gasteiger partial charge >= 0.3 is 6.18 Å². The lowest BCUT2D eigenvalue weighted by atomic mass is 9.98. The van der Waals surface area contributed by atoms with Crippen molar-refractivity contribution in [2.24, 2.45) is 0 Å². The minimum atomic E-state index is -4.40. The van der Waals surface area contributed by atoms with E-state index in [2.05, 4.69) is 0 Å². The molecule has 0 spiro atoms. The van der Waals surface area contributed by atoms with Crippen molar-refractivity contribution in [1.29, 1.82) is 0 Å². The van der Waals surface area contributed by atoms with Crippen LogP contribution in [0.5, 0.6) is 0 Å². The molecule has 0 unspecified atom stereocenters. The lowest BCUT2D eigenvalue weighted by molar-refractivity contribution is -0.137. The average Bonchev–Trinajstić information content (AvgIpc) is 2.37. The van der Waals surface area contributed by atoms with Gasteiger partial charge < -0.3 is 0 Å². The summed E-state index contributed by atoms with van der Waals surface area (Å²) >= 11 is 11.6. The smallest absolute Gasteiger partial charge is 0.166 e. The molecular formula is C14H9Cl2F3. The standard InChI is InChI=1S/C14H9Cl2F3/c15-8-9-5-10(7-11(16)6-9)12-3-1-2-4-13(12)14(17,18)19/h1-7H,8H2. The van der Waals surface area contributed by atoms with E-state index in [0.29, 0.717) is 16.1 Å². The minimum absolute atomic E-state index is 0.101. The zero-order chi connectivity index (χ0) is 14.0. The van der Waals surface area contributed by atoms with Gasteiger partial charge in [-0.05, 0) is 41.0 Å². The molecular weight excluding hydrogens is 296 g/mol. The molecule has 0 bridgehead atoms. The quantitative estimate of drug-likeness (QED) is 0.618. The Hall–Kier alpha value is -1.19. The summed E-state index contributed by atoms with van der Waals surface area (Å²) in [6.07, 6.45) is -4.40. The number of hydrogen-bond donors (Lipinski definition) is 0. The predicted octanol–water partition coefficient (Wildman–Crippen LogP) is 5.76. The van der Waals surface area contributed by atoms with Gasteiger partial charge in [0.25, 0.3) is 0 Å². The molecule has 0 heterocycles. The van der Waals surface area contributed by atoms with Gasteiger partial charge in [0.2, 0.25) is 0 Å². The lowest BCUT2D eigenvalue weighted by Gasteiger charge is -2.13. The zero-order valence-electron chi connectivity index (χ0n) is 9.64. The van der Waals surface area contributed by atoms with Gasteiger partial charge in [-0.2, -0.15) is 13.2 Å². The van der Waals surface area contributed by atoms with Crippen molar-refractivity contribution in [2.75, 3.05) is 0 Å². The van der Waals surface area contributed by atoms with E-state index in [4.69, 9.17) is 23.2 Å². The normalized spacial score (nSPS) is 11.6. The van der Waals surface area contributed by atoms with Crippen LogP contribution in [0.3, 0.4) is 0 Å². The summed E-state index contributed by atoms with van der Waals surface area (Å²) in [5.41, 5.74) is 0.513. The maximum absolute atomic E-state index is 13.0. The number of alkyl halides is 4. The number of halogens is 5. The summed E-state index contributed by atoms with van der Waals surface area (Å²) in [7, 11) is 0. The van der Waals surface area contributed by atoms with Gasteiger partial charge in [0.05, 0.1) is 5.56 Å². The Morgan fingerprint density at radius 1 is 1.00 bits per heavy atom. The van der Waals surface area contributed by atoms with E-state index in [-0.39, 0.29) is 11.4 Å². The topological polar surface area (TPSA) is 0 Å². The fourth-order valence-electron chi connectivity index (χ4n) is 1.87. The molecule has 0 N–H and O–H groups in total. The van der Waals surface area contributed by atoms with Gasteiger partial charge in [-0.25, -0.2) is 0 Å². The SMILES string of the molecule is FC(F)(F)c1ccccc1-c1cc(Cl)cc(CCl)c1. The van der Waals surface area contributed by atoms with Crippen LogP contribution in [0.25, 0.3) is 11.1 Å². The van der Waals surface area contributed by atoms with Crippen LogP contribution in [0.4, 0.5) is 13.2 Å². The molecule has 0 aliphatic heterocycles. The Kier molecular flexibility index (Phi) is 4.07. The van der Waals surface area contributed by atoms with E-state index >= 15 is 0 Å². The maximum atomic E-state index is 13.0. The van der Waals surface area contributed by atoms with Gasteiger partial charge in [-0.15, -0.1) is 11.6 Å². The molecule has 0 aliphatic rings. The van der Waals surface area contributed by atoms with Gasteiger partial charge in [-0.1, -0.05) is 29.8 Å². The predicted molar refractivity (Wildman–Crippen MR) is 71.4 cm³/mol. The third-order valence-corrected chi connectivity index (χ3v) is 3.18. The van der Waals surface area contributed by atoms with Crippen molar-refractivity contribution in [3.63, 3.8) is 0 Å². The molecule has 19 heavy (non-hydrogen) atoms. The highest BCUT2D eigenvalue weighted by Gasteiger charge is 2.33. The molecule has 5 heteroatoms. The molecule has 0 saturated carbocycles. The first-order chi connectivity index (χ1) is 8.91. The molecule has 0 nitrogen and oxygen atoms in total. The second kappa shape index (κ2) is 5.43. The Labute approximate surface area is 118 Å². The van der Waals surface area contributed by atoms with E-state index in [1.807, 2.05) is 0 Å². The van der Waals surface area contributed by atoms with Crippen LogP contribution in [0.15, 0.2) is 42.5 Å². The molecule has 0 atom stereocenters. The molecule has 0 fully saturated rings. The fraction of sp³-hybridized carbons (Fsp3) is 0.143. The molecule has 100 valence electrons. The fourth-order valence-corrected chi connectivity index (χ4v) is 2.28. The maximum Gasteiger partial charge on any atom is 0.417 e. The number of hydrogen-bond acceptors (Lipinski definition) is 0. The zero-order valence-corrected chi connectivity index (χ0v) is 11.2. The summed E-state index contributed by atoms with van der Waals surface area (Å²) < 4.78 is 38.9. The molecule has 0 amide bonds. The van der Waals surface area contributed by atoms with Crippen LogP contribution >= 0.6 is 23.2 Å². The average molecular weight is 305 g/mol. The minimum Gasteiger partial charge on any atom is -0.166 e. The van der Waals surface area contributed by atoms with Gasteiger partial charge in [-0.3, -0.25) is 0 Å². The second-order valence-electron chi connectivity index (χ2n) is 4.03. The Bertz CT molecular complexity index is 591. The van der Waals surface area contributed by atoms with E-state index in [9.17, 15) is 13.2 Å². The molecule has 0 aromatic heterocycles. The third-order valence-electron chi connectivity index (χ3n) is 2.66. The van der Waals surface area contributed by atoms with Crippen molar-refractivity contribution >= 4 is 23.2 Å². The summed E-state index contributed by atoms with van der Waals surface area (Å²) in [5, 5.41) is 0.366. The third kappa shape index (κ3) is 3.23. The van der Waals surface area contributed by atoms with Crippen LogP contribution in [-0.2, 0) is 12.1 Å².